The van der Waals surface area contributed by atoms with Gasteiger partial charge < -0.3 is 5.11 Å². The van der Waals surface area contributed by atoms with Crippen LogP contribution in [0.15, 0.2) is 36.2 Å². The van der Waals surface area contributed by atoms with E-state index >= 15 is 0 Å². The van der Waals surface area contributed by atoms with Crippen LogP contribution in [0.4, 0.5) is 8.78 Å². The average molecular weight is 324 g/mol. The van der Waals surface area contributed by atoms with Crippen LogP contribution in [0.5, 0.6) is 0 Å². The maximum Gasteiger partial charge on any atom is 0.266 e. The van der Waals surface area contributed by atoms with Crippen LogP contribution in [0.1, 0.15) is 11.7 Å². The molecule has 114 valence electrons. The van der Waals surface area contributed by atoms with Crippen molar-refractivity contribution in [3.8, 4) is 10.6 Å². The lowest BCUT2D eigenvalue weighted by Gasteiger charge is -2.21. The number of aliphatic hydroxyl groups is 1. The Morgan fingerprint density at radius 2 is 2.09 bits per heavy atom. The van der Waals surface area contributed by atoms with Gasteiger partial charge in [-0.2, -0.15) is 0 Å². The third kappa shape index (κ3) is 2.83. The molecule has 0 saturated carbocycles. The molecular weight excluding hydrogens is 314 g/mol. The Bertz CT molecular complexity index is 704. The summed E-state index contributed by atoms with van der Waals surface area (Å²) in [6.07, 6.45) is -0.578. The summed E-state index contributed by atoms with van der Waals surface area (Å²) in [5.41, 5.74) is 1.00. The summed E-state index contributed by atoms with van der Waals surface area (Å²) in [5.74, 6) is 0. The monoisotopic (exact) mass is 324 g/mol. The van der Waals surface area contributed by atoms with Gasteiger partial charge in [0.1, 0.15) is 23.5 Å². The number of tetrazole rings is 1. The number of halogens is 2. The number of nitrogens with zero attached hydrogens (tertiary/aromatic N) is 6. The average Bonchev–Trinajstić information content (AvgIpc) is 3.21. The van der Waals surface area contributed by atoms with Gasteiger partial charge in [0.2, 0.25) is 0 Å². The van der Waals surface area contributed by atoms with Crippen molar-refractivity contribution >= 4 is 11.3 Å². The van der Waals surface area contributed by atoms with Gasteiger partial charge in [0.15, 0.2) is 0 Å². The van der Waals surface area contributed by atoms with Crippen LogP contribution in [-0.4, -0.2) is 47.8 Å². The zero-order valence-electron chi connectivity index (χ0n) is 11.0. The molecule has 7 nitrogen and oxygen atoms in total. The van der Waals surface area contributed by atoms with Crippen molar-refractivity contribution in [3.05, 3.63) is 41.9 Å². The minimum atomic E-state index is -2.95. The highest BCUT2D eigenvalue weighted by Crippen LogP contribution is 2.26. The molecule has 0 radical (unpaired) electrons. The van der Waals surface area contributed by atoms with Gasteiger partial charge in [-0.15, -0.1) is 16.4 Å². The predicted molar refractivity (Wildman–Crippen MR) is 73.3 cm³/mol. The highest BCUT2D eigenvalue weighted by atomic mass is 32.1. The molecule has 3 aromatic heterocycles. The third-order valence-electron chi connectivity index (χ3n) is 3.00. The van der Waals surface area contributed by atoms with Crippen molar-refractivity contribution < 1.29 is 13.9 Å². The van der Waals surface area contributed by atoms with Crippen molar-refractivity contribution in [1.29, 1.82) is 0 Å². The van der Waals surface area contributed by atoms with Crippen LogP contribution >= 0.6 is 11.3 Å². The van der Waals surface area contributed by atoms with E-state index in [2.05, 4.69) is 25.5 Å². The standard InChI is InChI=1S/C12H10F2N6OS/c13-11(14)10(21)9(20-6-17-18-19-20)8-2-1-7(5-16-8)12-15-3-4-22-12/h1-6,9-11,21H. The van der Waals surface area contributed by atoms with E-state index in [1.807, 2.05) is 5.38 Å². The first-order chi connectivity index (χ1) is 10.7. The molecule has 0 aliphatic carbocycles. The van der Waals surface area contributed by atoms with E-state index in [1.165, 1.54) is 17.5 Å². The van der Waals surface area contributed by atoms with Gasteiger partial charge in [0.05, 0.1) is 5.69 Å². The Morgan fingerprint density at radius 1 is 1.23 bits per heavy atom. The largest absolute Gasteiger partial charge is 0.384 e. The van der Waals surface area contributed by atoms with Gasteiger partial charge in [-0.3, -0.25) is 4.98 Å². The maximum atomic E-state index is 12.9. The lowest BCUT2D eigenvalue weighted by atomic mass is 10.1. The van der Waals surface area contributed by atoms with Crippen molar-refractivity contribution in [2.24, 2.45) is 0 Å². The second-order valence-electron chi connectivity index (χ2n) is 4.37. The number of hydrogen-bond acceptors (Lipinski definition) is 7. The Balaban J connectivity index is 1.94. The van der Waals surface area contributed by atoms with E-state index in [4.69, 9.17) is 0 Å². The van der Waals surface area contributed by atoms with Crippen LogP contribution in [-0.2, 0) is 0 Å². The number of rotatable bonds is 5. The Morgan fingerprint density at radius 3 is 2.64 bits per heavy atom. The van der Waals surface area contributed by atoms with E-state index in [0.29, 0.717) is 0 Å². The predicted octanol–water partition coefficient (Wildman–Crippen LogP) is 1.41. The highest BCUT2D eigenvalue weighted by Gasteiger charge is 2.32. The van der Waals surface area contributed by atoms with Gasteiger partial charge >= 0.3 is 0 Å². The topological polar surface area (TPSA) is 89.6 Å². The number of thiazole rings is 1. The SMILES string of the molecule is OC(C(F)F)C(c1ccc(-c2nccs2)cn1)n1cnnn1. The molecule has 3 rings (SSSR count). The molecule has 3 heterocycles. The molecule has 0 amide bonds. The van der Waals surface area contributed by atoms with Gasteiger partial charge in [0, 0.05) is 23.3 Å². The first-order valence-corrected chi connectivity index (χ1v) is 7.09. The van der Waals surface area contributed by atoms with Crippen LogP contribution < -0.4 is 0 Å². The third-order valence-corrected chi connectivity index (χ3v) is 3.82. The fourth-order valence-electron chi connectivity index (χ4n) is 1.97. The maximum absolute atomic E-state index is 12.9. The minimum Gasteiger partial charge on any atom is -0.384 e. The van der Waals surface area contributed by atoms with Gasteiger partial charge in [-0.05, 0) is 22.6 Å². The summed E-state index contributed by atoms with van der Waals surface area (Å²) in [6, 6.07) is 2.09. The van der Waals surface area contributed by atoms with Crippen molar-refractivity contribution in [2.75, 3.05) is 0 Å². The summed E-state index contributed by atoms with van der Waals surface area (Å²) >= 11 is 1.44. The molecule has 1 N–H and O–H groups in total. The molecule has 10 heteroatoms. The van der Waals surface area contributed by atoms with Crippen LogP contribution in [0.3, 0.4) is 0 Å². The molecular formula is C12H10F2N6OS. The number of alkyl halides is 2. The lowest BCUT2D eigenvalue weighted by Crippen LogP contribution is -2.32. The number of pyridine rings is 1. The second-order valence-corrected chi connectivity index (χ2v) is 5.26. The minimum absolute atomic E-state index is 0.236. The summed E-state index contributed by atoms with van der Waals surface area (Å²) in [4.78, 5) is 8.30. The van der Waals surface area contributed by atoms with Crippen molar-refractivity contribution in [1.82, 2.24) is 30.2 Å². The van der Waals surface area contributed by atoms with E-state index < -0.39 is 18.6 Å². The number of aromatic nitrogens is 6. The summed E-state index contributed by atoms with van der Waals surface area (Å²) in [5, 5.41) is 22.7. The lowest BCUT2D eigenvalue weighted by molar-refractivity contribution is -0.0292. The Hall–Kier alpha value is -2.33. The molecule has 0 saturated heterocycles. The smallest absolute Gasteiger partial charge is 0.266 e. The highest BCUT2D eigenvalue weighted by molar-refractivity contribution is 7.13. The number of hydrogen-bond donors (Lipinski definition) is 1. The van der Waals surface area contributed by atoms with Gasteiger partial charge in [-0.25, -0.2) is 18.4 Å². The molecule has 0 aliphatic heterocycles. The number of aliphatic hydroxyl groups excluding tert-OH is 1. The Labute approximate surface area is 127 Å². The molecule has 0 aromatic carbocycles. The molecule has 22 heavy (non-hydrogen) atoms. The summed E-state index contributed by atoms with van der Waals surface area (Å²) in [6.45, 7) is 0. The quantitative estimate of drug-likeness (QED) is 0.763. The molecule has 3 aromatic rings. The fraction of sp³-hybridized carbons (Fsp3) is 0.250. The first kappa shape index (κ1) is 14.6. The molecule has 0 bridgehead atoms. The second kappa shape index (κ2) is 6.20. The first-order valence-electron chi connectivity index (χ1n) is 6.21. The van der Waals surface area contributed by atoms with E-state index in [9.17, 15) is 13.9 Å². The zero-order valence-corrected chi connectivity index (χ0v) is 11.8. The molecule has 0 aliphatic rings. The normalized spacial score (nSPS) is 14.2. The van der Waals surface area contributed by atoms with Crippen LogP contribution in [0.25, 0.3) is 10.6 Å². The van der Waals surface area contributed by atoms with Crippen molar-refractivity contribution in [3.63, 3.8) is 0 Å². The van der Waals surface area contributed by atoms with Crippen LogP contribution in [0.2, 0.25) is 0 Å². The molecule has 2 unspecified atom stereocenters. The van der Waals surface area contributed by atoms with Gasteiger partial charge in [0.25, 0.3) is 6.43 Å². The van der Waals surface area contributed by atoms with E-state index in [0.717, 1.165) is 21.6 Å². The fourth-order valence-corrected chi connectivity index (χ4v) is 2.60. The van der Waals surface area contributed by atoms with E-state index in [-0.39, 0.29) is 5.69 Å². The molecule has 2 atom stereocenters. The summed E-state index contributed by atoms with van der Waals surface area (Å²) < 4.78 is 26.8. The Kier molecular flexibility index (Phi) is 4.11. The van der Waals surface area contributed by atoms with Gasteiger partial charge in [-0.1, -0.05) is 0 Å². The molecule has 0 fully saturated rings. The van der Waals surface area contributed by atoms with Crippen molar-refractivity contribution in [2.45, 2.75) is 18.6 Å². The van der Waals surface area contributed by atoms with Crippen LogP contribution in [0, 0.1) is 0 Å². The summed E-state index contributed by atoms with van der Waals surface area (Å²) in [7, 11) is 0. The zero-order chi connectivity index (χ0) is 15.5. The molecule has 0 spiro atoms. The van der Waals surface area contributed by atoms with E-state index in [1.54, 1.807) is 18.3 Å².